The normalized spacial score (nSPS) is 14.1. The lowest BCUT2D eigenvalue weighted by Gasteiger charge is -2.26. The number of piperidine rings is 1. The number of nitrogens with one attached hydrogen (secondary N) is 2. The molecule has 0 bridgehead atoms. The lowest BCUT2D eigenvalue weighted by atomic mass is 10.1. The summed E-state index contributed by atoms with van der Waals surface area (Å²) < 4.78 is 1.57. The average Bonchev–Trinajstić information content (AvgIpc) is 2.97. The molecule has 1 fully saturated rings. The largest absolute Gasteiger partial charge is 0.312 e. The van der Waals surface area contributed by atoms with Crippen LogP contribution in [0.4, 0.5) is 5.69 Å². The molecule has 8 nitrogen and oxygen atoms in total. The molecular formula is C19H23N5O3. The first kappa shape index (κ1) is 18.6. The van der Waals surface area contributed by atoms with Crippen LogP contribution in [0.15, 0.2) is 30.3 Å². The van der Waals surface area contributed by atoms with Crippen LogP contribution in [0.1, 0.15) is 41.0 Å². The van der Waals surface area contributed by atoms with Gasteiger partial charge in [-0.3, -0.25) is 29.9 Å². The van der Waals surface area contributed by atoms with Gasteiger partial charge in [0.1, 0.15) is 6.54 Å². The summed E-state index contributed by atoms with van der Waals surface area (Å²) >= 11 is 0. The number of hydrogen-bond donors (Lipinski definition) is 2. The Hall–Kier alpha value is -3.16. The topological polar surface area (TPSA) is 96.3 Å². The van der Waals surface area contributed by atoms with Crippen LogP contribution < -0.4 is 15.8 Å². The van der Waals surface area contributed by atoms with Crippen molar-refractivity contribution in [1.82, 2.24) is 20.6 Å². The van der Waals surface area contributed by atoms with Crippen LogP contribution in [0.5, 0.6) is 0 Å². The second-order valence-corrected chi connectivity index (χ2v) is 6.64. The van der Waals surface area contributed by atoms with E-state index in [1.165, 1.54) is 0 Å². The zero-order chi connectivity index (χ0) is 19.4. The van der Waals surface area contributed by atoms with Crippen molar-refractivity contribution < 1.29 is 14.4 Å². The van der Waals surface area contributed by atoms with Crippen molar-refractivity contribution in [2.24, 2.45) is 0 Å². The Bertz CT molecular complexity index is 857. The predicted molar refractivity (Wildman–Crippen MR) is 100.0 cm³/mol. The van der Waals surface area contributed by atoms with Crippen LogP contribution in [0, 0.1) is 13.8 Å². The number of carbonyl (C=O) groups is 3. The van der Waals surface area contributed by atoms with E-state index in [1.54, 1.807) is 33.8 Å². The molecule has 27 heavy (non-hydrogen) atoms. The van der Waals surface area contributed by atoms with Crippen LogP contribution in [-0.4, -0.2) is 34.0 Å². The van der Waals surface area contributed by atoms with Crippen molar-refractivity contribution in [2.45, 2.75) is 39.7 Å². The number of anilines is 1. The summed E-state index contributed by atoms with van der Waals surface area (Å²) in [6.07, 6.45) is 2.46. The van der Waals surface area contributed by atoms with Gasteiger partial charge in [-0.05, 0) is 57.0 Å². The number of aryl methyl sites for hydroxylation is 2. The van der Waals surface area contributed by atoms with E-state index in [4.69, 9.17) is 0 Å². The van der Waals surface area contributed by atoms with E-state index in [9.17, 15) is 14.4 Å². The highest BCUT2D eigenvalue weighted by molar-refractivity contribution is 5.97. The molecule has 3 rings (SSSR count). The van der Waals surface area contributed by atoms with Crippen molar-refractivity contribution in [1.29, 1.82) is 0 Å². The molecule has 142 valence electrons. The monoisotopic (exact) mass is 369 g/mol. The molecule has 3 amide bonds. The van der Waals surface area contributed by atoms with Crippen molar-refractivity contribution >= 4 is 23.4 Å². The molecule has 1 aliphatic rings. The van der Waals surface area contributed by atoms with E-state index in [2.05, 4.69) is 16.0 Å². The quantitative estimate of drug-likeness (QED) is 0.798. The van der Waals surface area contributed by atoms with E-state index >= 15 is 0 Å². The minimum absolute atomic E-state index is 0.0238. The van der Waals surface area contributed by atoms with Crippen molar-refractivity contribution in [2.75, 3.05) is 11.4 Å². The third kappa shape index (κ3) is 4.52. The van der Waals surface area contributed by atoms with Crippen molar-refractivity contribution in [3.05, 3.63) is 47.3 Å². The first-order chi connectivity index (χ1) is 12.9. The smallest absolute Gasteiger partial charge is 0.269 e. The standard InChI is InChI=1S/C19H23N5O3/c1-13-11-14(2)24(22-13)12-17(25)20-21-19(27)15-6-8-16(9-7-15)23-10-4-3-5-18(23)26/h6-9,11H,3-5,10,12H2,1-2H3,(H,20,25)(H,21,27). The zero-order valence-electron chi connectivity index (χ0n) is 15.5. The number of carbonyl (C=O) groups excluding carboxylic acids is 3. The molecule has 2 heterocycles. The van der Waals surface area contributed by atoms with E-state index in [-0.39, 0.29) is 18.4 Å². The van der Waals surface area contributed by atoms with Crippen LogP contribution in [0.2, 0.25) is 0 Å². The number of amides is 3. The van der Waals surface area contributed by atoms with Gasteiger partial charge in [0.25, 0.3) is 11.8 Å². The molecule has 2 aromatic rings. The van der Waals surface area contributed by atoms with E-state index < -0.39 is 5.91 Å². The summed E-state index contributed by atoms with van der Waals surface area (Å²) in [6, 6.07) is 8.64. The Kier molecular flexibility index (Phi) is 5.54. The summed E-state index contributed by atoms with van der Waals surface area (Å²) in [6.45, 7) is 4.44. The van der Waals surface area contributed by atoms with Gasteiger partial charge in [0, 0.05) is 29.9 Å². The number of rotatable bonds is 4. The first-order valence-corrected chi connectivity index (χ1v) is 8.95. The lowest BCUT2D eigenvalue weighted by molar-refractivity contribution is -0.122. The average molecular weight is 369 g/mol. The number of nitrogens with zero attached hydrogens (tertiary/aromatic N) is 3. The molecule has 1 aliphatic heterocycles. The number of benzene rings is 1. The van der Waals surface area contributed by atoms with Gasteiger partial charge in [0.2, 0.25) is 5.91 Å². The highest BCUT2D eigenvalue weighted by atomic mass is 16.2. The third-order valence-electron chi connectivity index (χ3n) is 4.48. The molecule has 2 N–H and O–H groups in total. The Morgan fingerprint density at radius 2 is 1.85 bits per heavy atom. The lowest BCUT2D eigenvalue weighted by Crippen LogP contribution is -2.43. The molecule has 1 saturated heterocycles. The van der Waals surface area contributed by atoms with Gasteiger partial charge in [-0.15, -0.1) is 0 Å². The first-order valence-electron chi connectivity index (χ1n) is 8.95. The molecular weight excluding hydrogens is 346 g/mol. The highest BCUT2D eigenvalue weighted by Crippen LogP contribution is 2.21. The van der Waals surface area contributed by atoms with Crippen LogP contribution in [0.25, 0.3) is 0 Å². The number of hydrogen-bond acceptors (Lipinski definition) is 4. The molecule has 0 atom stereocenters. The molecule has 1 aromatic heterocycles. The Morgan fingerprint density at radius 3 is 2.48 bits per heavy atom. The fraction of sp³-hybridized carbons (Fsp3) is 0.368. The maximum absolute atomic E-state index is 12.2. The SMILES string of the molecule is Cc1cc(C)n(CC(=O)NNC(=O)c2ccc(N3CCCCC3=O)cc2)n1. The Morgan fingerprint density at radius 1 is 1.11 bits per heavy atom. The van der Waals surface area contributed by atoms with Gasteiger partial charge in [-0.1, -0.05) is 0 Å². The van der Waals surface area contributed by atoms with E-state index in [0.29, 0.717) is 18.5 Å². The van der Waals surface area contributed by atoms with Crippen LogP contribution in [-0.2, 0) is 16.1 Å². The molecule has 0 spiro atoms. The molecule has 1 aromatic carbocycles. The maximum Gasteiger partial charge on any atom is 0.269 e. The van der Waals surface area contributed by atoms with Crippen LogP contribution >= 0.6 is 0 Å². The number of aromatic nitrogens is 2. The predicted octanol–water partition coefficient (Wildman–Crippen LogP) is 1.48. The molecule has 0 aliphatic carbocycles. The number of hydrazine groups is 1. The van der Waals surface area contributed by atoms with E-state index in [1.807, 2.05) is 19.9 Å². The highest BCUT2D eigenvalue weighted by Gasteiger charge is 2.19. The summed E-state index contributed by atoms with van der Waals surface area (Å²) in [5.74, 6) is -0.687. The minimum Gasteiger partial charge on any atom is -0.312 e. The second kappa shape index (κ2) is 8.03. The van der Waals surface area contributed by atoms with Crippen molar-refractivity contribution in [3.8, 4) is 0 Å². The van der Waals surface area contributed by atoms with Gasteiger partial charge in [-0.2, -0.15) is 5.10 Å². The van der Waals surface area contributed by atoms with E-state index in [0.717, 1.165) is 29.9 Å². The van der Waals surface area contributed by atoms with Gasteiger partial charge < -0.3 is 4.90 Å². The molecule has 8 heteroatoms. The van der Waals surface area contributed by atoms with Crippen molar-refractivity contribution in [3.63, 3.8) is 0 Å². The van der Waals surface area contributed by atoms with Gasteiger partial charge >= 0.3 is 0 Å². The third-order valence-corrected chi connectivity index (χ3v) is 4.48. The summed E-state index contributed by atoms with van der Waals surface area (Å²) in [5, 5.41) is 4.21. The molecule has 0 radical (unpaired) electrons. The fourth-order valence-corrected chi connectivity index (χ4v) is 3.08. The summed E-state index contributed by atoms with van der Waals surface area (Å²) in [4.78, 5) is 37.9. The Labute approximate surface area is 157 Å². The van der Waals surface area contributed by atoms with Crippen LogP contribution in [0.3, 0.4) is 0 Å². The van der Waals surface area contributed by atoms with Gasteiger partial charge in [-0.25, -0.2) is 0 Å². The van der Waals surface area contributed by atoms with Gasteiger partial charge in [0.05, 0.1) is 5.69 Å². The zero-order valence-corrected chi connectivity index (χ0v) is 15.5. The molecule has 0 unspecified atom stereocenters. The van der Waals surface area contributed by atoms with Gasteiger partial charge in [0.15, 0.2) is 0 Å². The minimum atomic E-state index is -0.423. The second-order valence-electron chi connectivity index (χ2n) is 6.64. The summed E-state index contributed by atoms with van der Waals surface area (Å²) in [7, 11) is 0. The molecule has 0 saturated carbocycles. The Balaban J connectivity index is 1.54. The summed E-state index contributed by atoms with van der Waals surface area (Å²) in [5.41, 5.74) is 7.66. The fourth-order valence-electron chi connectivity index (χ4n) is 3.08. The maximum atomic E-state index is 12.2.